The topological polar surface area (TPSA) is 75.9 Å². The van der Waals surface area contributed by atoms with E-state index in [2.05, 4.69) is 25.8 Å². The molecule has 2 aromatic heterocycles. The predicted molar refractivity (Wildman–Crippen MR) is 68.0 cm³/mol. The van der Waals surface area contributed by atoms with Crippen molar-refractivity contribution in [1.82, 2.24) is 20.5 Å². The monoisotopic (exact) mass is 247 g/mol. The highest BCUT2D eigenvalue weighted by molar-refractivity contribution is 5.26. The summed E-state index contributed by atoms with van der Waals surface area (Å²) in [6, 6.07) is 4.41. The average Bonchev–Trinajstić information content (AvgIpc) is 2.85. The van der Waals surface area contributed by atoms with Gasteiger partial charge < -0.3 is 15.1 Å². The van der Waals surface area contributed by atoms with Gasteiger partial charge in [-0.3, -0.25) is 4.98 Å². The van der Waals surface area contributed by atoms with E-state index in [1.54, 1.807) is 6.20 Å². The Balaban J connectivity index is 1.95. The van der Waals surface area contributed by atoms with Crippen LogP contribution in [0.4, 0.5) is 6.01 Å². The number of aromatic nitrogens is 3. The molecule has 0 aliphatic heterocycles. The Bertz CT molecular complexity index is 470. The van der Waals surface area contributed by atoms with E-state index in [0.717, 1.165) is 12.1 Å². The molecule has 0 saturated heterocycles. The molecule has 0 amide bonds. The highest BCUT2D eigenvalue weighted by Crippen LogP contribution is 2.16. The minimum absolute atomic E-state index is 0.0751. The molecule has 96 valence electrons. The zero-order chi connectivity index (χ0) is 12.8. The number of hydrogen-bond acceptors (Lipinski definition) is 6. The lowest BCUT2D eigenvalue weighted by molar-refractivity contribution is 0.478. The third-order valence-electron chi connectivity index (χ3n) is 2.52. The van der Waals surface area contributed by atoms with E-state index in [-0.39, 0.29) is 6.04 Å². The fourth-order valence-corrected chi connectivity index (χ4v) is 1.52. The minimum atomic E-state index is 0.0751. The van der Waals surface area contributed by atoms with Crippen LogP contribution in [0.15, 0.2) is 28.9 Å². The van der Waals surface area contributed by atoms with Crippen LogP contribution >= 0.6 is 0 Å². The second-order valence-corrected chi connectivity index (χ2v) is 3.93. The first-order valence-electron chi connectivity index (χ1n) is 5.99. The van der Waals surface area contributed by atoms with Crippen molar-refractivity contribution in [3.05, 3.63) is 36.0 Å². The molecule has 0 saturated carbocycles. The third-order valence-corrected chi connectivity index (χ3v) is 2.52. The Morgan fingerprint density at radius 2 is 2.28 bits per heavy atom. The minimum Gasteiger partial charge on any atom is -0.407 e. The van der Waals surface area contributed by atoms with Gasteiger partial charge in [0.2, 0.25) is 5.89 Å². The van der Waals surface area contributed by atoms with Crippen LogP contribution in [0.5, 0.6) is 0 Å². The molecule has 0 bridgehead atoms. The van der Waals surface area contributed by atoms with E-state index < -0.39 is 0 Å². The van der Waals surface area contributed by atoms with Gasteiger partial charge in [-0.25, -0.2) is 0 Å². The zero-order valence-corrected chi connectivity index (χ0v) is 10.6. The summed E-state index contributed by atoms with van der Waals surface area (Å²) in [6.45, 7) is 5.51. The van der Waals surface area contributed by atoms with E-state index in [4.69, 9.17) is 4.42 Å². The van der Waals surface area contributed by atoms with Gasteiger partial charge >= 0.3 is 6.01 Å². The predicted octanol–water partition coefficient (Wildman–Crippen LogP) is 1.75. The summed E-state index contributed by atoms with van der Waals surface area (Å²) in [6.07, 6.45) is 3.56. The van der Waals surface area contributed by atoms with Crippen molar-refractivity contribution in [2.75, 3.05) is 11.9 Å². The molecule has 2 rings (SSSR count). The van der Waals surface area contributed by atoms with Crippen molar-refractivity contribution in [3.63, 3.8) is 0 Å². The lowest BCUT2D eigenvalue weighted by Crippen LogP contribution is -2.11. The number of nitrogens with one attached hydrogen (secondary N) is 2. The summed E-state index contributed by atoms with van der Waals surface area (Å²) < 4.78 is 5.46. The highest BCUT2D eigenvalue weighted by atomic mass is 16.4. The van der Waals surface area contributed by atoms with Crippen molar-refractivity contribution in [1.29, 1.82) is 0 Å². The van der Waals surface area contributed by atoms with Crippen LogP contribution in [0, 0.1) is 0 Å². The highest BCUT2D eigenvalue weighted by Gasteiger charge is 2.10. The number of anilines is 1. The van der Waals surface area contributed by atoms with Crippen molar-refractivity contribution in [2.24, 2.45) is 0 Å². The summed E-state index contributed by atoms with van der Waals surface area (Å²) >= 11 is 0. The molecule has 2 aromatic rings. The maximum atomic E-state index is 5.46. The maximum absolute atomic E-state index is 5.46. The Morgan fingerprint density at radius 1 is 1.39 bits per heavy atom. The first kappa shape index (κ1) is 12.5. The van der Waals surface area contributed by atoms with Gasteiger partial charge in [0, 0.05) is 12.4 Å². The normalized spacial score (nSPS) is 12.3. The van der Waals surface area contributed by atoms with E-state index >= 15 is 0 Å². The SMILES string of the molecule is CCNCc1nnc(NC(C)c2cccnc2)o1. The van der Waals surface area contributed by atoms with Crippen LogP contribution in [0.2, 0.25) is 0 Å². The molecule has 6 nitrogen and oxygen atoms in total. The summed E-state index contributed by atoms with van der Waals surface area (Å²) in [7, 11) is 0. The Kier molecular flexibility index (Phi) is 4.25. The van der Waals surface area contributed by atoms with Gasteiger partial charge in [0.05, 0.1) is 12.6 Å². The summed E-state index contributed by atoms with van der Waals surface area (Å²) in [5.41, 5.74) is 1.07. The van der Waals surface area contributed by atoms with Gasteiger partial charge in [-0.15, -0.1) is 5.10 Å². The van der Waals surface area contributed by atoms with Crippen molar-refractivity contribution >= 4 is 6.01 Å². The van der Waals surface area contributed by atoms with Gasteiger partial charge in [-0.2, -0.15) is 0 Å². The molecule has 1 atom stereocenters. The van der Waals surface area contributed by atoms with E-state index in [0.29, 0.717) is 18.5 Å². The molecule has 1 unspecified atom stereocenters. The second kappa shape index (κ2) is 6.11. The quantitative estimate of drug-likeness (QED) is 0.810. The van der Waals surface area contributed by atoms with Gasteiger partial charge in [-0.1, -0.05) is 18.1 Å². The largest absolute Gasteiger partial charge is 0.407 e. The fraction of sp³-hybridized carbons (Fsp3) is 0.417. The summed E-state index contributed by atoms with van der Waals surface area (Å²) in [5, 5.41) is 14.2. The summed E-state index contributed by atoms with van der Waals surface area (Å²) in [5.74, 6) is 0.581. The molecule has 0 spiro atoms. The van der Waals surface area contributed by atoms with Crippen LogP contribution in [-0.4, -0.2) is 21.7 Å². The van der Waals surface area contributed by atoms with Gasteiger partial charge in [0.1, 0.15) is 0 Å². The van der Waals surface area contributed by atoms with E-state index in [1.807, 2.05) is 32.2 Å². The molecule has 18 heavy (non-hydrogen) atoms. The standard InChI is InChI=1S/C12H17N5O/c1-3-13-8-11-16-17-12(18-11)15-9(2)10-5-4-6-14-7-10/h4-7,9,13H,3,8H2,1-2H3,(H,15,17). The first-order valence-corrected chi connectivity index (χ1v) is 5.99. The number of rotatable bonds is 6. The number of nitrogens with zero attached hydrogens (tertiary/aromatic N) is 3. The second-order valence-electron chi connectivity index (χ2n) is 3.93. The van der Waals surface area contributed by atoms with Gasteiger partial charge in [0.15, 0.2) is 0 Å². The molecule has 2 heterocycles. The van der Waals surface area contributed by atoms with Crippen LogP contribution < -0.4 is 10.6 Å². The molecule has 0 aromatic carbocycles. The Labute approximate surface area is 106 Å². The molecular formula is C12H17N5O. The van der Waals surface area contributed by atoms with Crippen molar-refractivity contribution in [2.45, 2.75) is 26.4 Å². The van der Waals surface area contributed by atoms with Crippen LogP contribution in [0.25, 0.3) is 0 Å². The molecular weight excluding hydrogens is 230 g/mol. The van der Waals surface area contributed by atoms with Crippen molar-refractivity contribution < 1.29 is 4.42 Å². The van der Waals surface area contributed by atoms with Gasteiger partial charge in [-0.05, 0) is 25.1 Å². The number of pyridine rings is 1. The molecule has 0 aliphatic rings. The zero-order valence-electron chi connectivity index (χ0n) is 10.6. The molecule has 0 aliphatic carbocycles. The van der Waals surface area contributed by atoms with E-state index in [9.17, 15) is 0 Å². The first-order chi connectivity index (χ1) is 8.79. The lowest BCUT2D eigenvalue weighted by Gasteiger charge is -2.10. The molecule has 6 heteroatoms. The fourth-order valence-electron chi connectivity index (χ4n) is 1.52. The Hall–Kier alpha value is -1.95. The van der Waals surface area contributed by atoms with E-state index in [1.165, 1.54) is 0 Å². The Morgan fingerprint density at radius 3 is 3.00 bits per heavy atom. The van der Waals surface area contributed by atoms with Crippen LogP contribution in [-0.2, 0) is 6.54 Å². The molecule has 2 N–H and O–H groups in total. The third kappa shape index (κ3) is 3.27. The maximum Gasteiger partial charge on any atom is 0.315 e. The average molecular weight is 247 g/mol. The smallest absolute Gasteiger partial charge is 0.315 e. The van der Waals surface area contributed by atoms with Gasteiger partial charge in [0.25, 0.3) is 0 Å². The molecule has 0 radical (unpaired) electrons. The lowest BCUT2D eigenvalue weighted by atomic mass is 10.1. The summed E-state index contributed by atoms with van der Waals surface area (Å²) in [4.78, 5) is 4.08. The van der Waals surface area contributed by atoms with Crippen molar-refractivity contribution in [3.8, 4) is 0 Å². The van der Waals surface area contributed by atoms with Crippen LogP contribution in [0.1, 0.15) is 31.3 Å². The van der Waals surface area contributed by atoms with Crippen LogP contribution in [0.3, 0.4) is 0 Å². The number of hydrogen-bond donors (Lipinski definition) is 2. The molecule has 0 fully saturated rings.